The maximum Gasteiger partial charge on any atom is 0.162 e. The number of piperidine rings is 1. The molecule has 0 N–H and O–H groups in total. The summed E-state index contributed by atoms with van der Waals surface area (Å²) in [6, 6.07) is 22.5. The maximum absolute atomic E-state index is 6.51. The normalized spacial score (nSPS) is 21.5. The SMILES string of the molecule is Clc1[c]ccc(N2CCN3C[C@@H](c4ccccc4)CC[C@@H]3C2)c1OCc1cccnc1. The van der Waals surface area contributed by atoms with Crippen molar-refractivity contribution in [2.24, 2.45) is 0 Å². The fourth-order valence-corrected chi connectivity index (χ4v) is 5.08. The molecule has 2 fully saturated rings. The first-order chi connectivity index (χ1) is 15.3. The second-order valence-corrected chi connectivity index (χ2v) is 8.81. The van der Waals surface area contributed by atoms with Gasteiger partial charge in [0.15, 0.2) is 5.75 Å². The summed E-state index contributed by atoms with van der Waals surface area (Å²) in [5.41, 5.74) is 3.56. The van der Waals surface area contributed by atoms with Crippen LogP contribution in [0.15, 0.2) is 67.0 Å². The van der Waals surface area contributed by atoms with Gasteiger partial charge in [-0.05, 0) is 36.5 Å². The third-order valence-electron chi connectivity index (χ3n) is 6.51. The van der Waals surface area contributed by atoms with Gasteiger partial charge in [0.05, 0.1) is 10.7 Å². The highest BCUT2D eigenvalue weighted by molar-refractivity contribution is 6.32. The number of aromatic nitrogens is 1. The molecule has 4 nitrogen and oxygen atoms in total. The van der Waals surface area contributed by atoms with Crippen LogP contribution in [0.3, 0.4) is 0 Å². The lowest BCUT2D eigenvalue weighted by Crippen LogP contribution is -2.56. The van der Waals surface area contributed by atoms with E-state index in [2.05, 4.69) is 57.2 Å². The molecule has 31 heavy (non-hydrogen) atoms. The van der Waals surface area contributed by atoms with Gasteiger partial charge in [-0.2, -0.15) is 0 Å². The molecule has 159 valence electrons. The summed E-state index contributed by atoms with van der Waals surface area (Å²) in [6.07, 6.45) is 6.05. The minimum atomic E-state index is 0.445. The Morgan fingerprint density at radius 1 is 1.03 bits per heavy atom. The summed E-state index contributed by atoms with van der Waals surface area (Å²) in [6.45, 7) is 4.63. The molecule has 0 bridgehead atoms. The van der Waals surface area contributed by atoms with Crippen molar-refractivity contribution in [3.8, 4) is 5.75 Å². The van der Waals surface area contributed by atoms with Gasteiger partial charge in [-0.1, -0.05) is 54.1 Å². The Labute approximate surface area is 189 Å². The molecule has 2 saturated heterocycles. The third-order valence-corrected chi connectivity index (χ3v) is 6.79. The molecule has 1 radical (unpaired) electrons. The monoisotopic (exact) mass is 432 g/mol. The summed E-state index contributed by atoms with van der Waals surface area (Å²) in [4.78, 5) is 9.27. The molecule has 3 heterocycles. The van der Waals surface area contributed by atoms with Crippen LogP contribution in [0.2, 0.25) is 5.02 Å². The van der Waals surface area contributed by atoms with Gasteiger partial charge in [-0.25, -0.2) is 0 Å². The van der Waals surface area contributed by atoms with Crippen molar-refractivity contribution < 1.29 is 4.74 Å². The molecule has 0 unspecified atom stereocenters. The van der Waals surface area contributed by atoms with Crippen LogP contribution < -0.4 is 9.64 Å². The molecule has 0 saturated carbocycles. The molecule has 2 atom stereocenters. The number of nitrogens with zero attached hydrogens (tertiary/aromatic N) is 3. The summed E-state index contributed by atoms with van der Waals surface area (Å²) < 4.78 is 6.16. The molecule has 2 aliphatic heterocycles. The van der Waals surface area contributed by atoms with Crippen LogP contribution in [0.4, 0.5) is 5.69 Å². The Hall–Kier alpha value is -2.56. The topological polar surface area (TPSA) is 28.6 Å². The van der Waals surface area contributed by atoms with Crippen molar-refractivity contribution in [1.29, 1.82) is 0 Å². The minimum absolute atomic E-state index is 0.445. The largest absolute Gasteiger partial charge is 0.485 e. The van der Waals surface area contributed by atoms with E-state index in [1.54, 1.807) is 6.20 Å². The zero-order valence-electron chi connectivity index (χ0n) is 17.6. The van der Waals surface area contributed by atoms with Crippen LogP contribution in [-0.2, 0) is 6.61 Å². The Morgan fingerprint density at radius 2 is 1.94 bits per heavy atom. The fourth-order valence-electron chi connectivity index (χ4n) is 4.86. The molecule has 0 amide bonds. The van der Waals surface area contributed by atoms with Crippen LogP contribution in [0.25, 0.3) is 0 Å². The van der Waals surface area contributed by atoms with Gasteiger partial charge in [0.2, 0.25) is 0 Å². The van der Waals surface area contributed by atoms with Gasteiger partial charge in [0, 0.05) is 56.2 Å². The zero-order valence-corrected chi connectivity index (χ0v) is 18.3. The number of piperazine rings is 1. The zero-order chi connectivity index (χ0) is 21.0. The van der Waals surface area contributed by atoms with Gasteiger partial charge in [0.25, 0.3) is 0 Å². The number of rotatable bonds is 5. The van der Waals surface area contributed by atoms with E-state index in [0.29, 0.717) is 23.6 Å². The number of pyridine rings is 1. The molecule has 5 heteroatoms. The quantitative estimate of drug-likeness (QED) is 0.555. The van der Waals surface area contributed by atoms with Crippen LogP contribution in [0.5, 0.6) is 5.75 Å². The van der Waals surface area contributed by atoms with E-state index in [1.165, 1.54) is 18.4 Å². The van der Waals surface area contributed by atoms with Gasteiger partial charge in [-0.15, -0.1) is 0 Å². The molecule has 2 aromatic carbocycles. The number of fused-ring (bicyclic) bond motifs is 1. The summed E-state index contributed by atoms with van der Waals surface area (Å²) in [7, 11) is 0. The highest BCUT2D eigenvalue weighted by Gasteiger charge is 2.34. The highest BCUT2D eigenvalue weighted by Crippen LogP contribution is 2.38. The molecular formula is C26H27ClN3O. The van der Waals surface area contributed by atoms with Gasteiger partial charge in [-0.3, -0.25) is 9.88 Å². The average molecular weight is 433 g/mol. The second-order valence-electron chi connectivity index (χ2n) is 8.44. The van der Waals surface area contributed by atoms with Crippen molar-refractivity contribution in [2.45, 2.75) is 31.4 Å². The van der Waals surface area contributed by atoms with E-state index in [1.807, 2.05) is 24.4 Å². The first-order valence-corrected chi connectivity index (χ1v) is 11.4. The van der Waals surface area contributed by atoms with Crippen LogP contribution in [-0.4, -0.2) is 42.1 Å². The number of ether oxygens (including phenoxy) is 1. The lowest BCUT2D eigenvalue weighted by atomic mass is 9.86. The first kappa shape index (κ1) is 20.3. The van der Waals surface area contributed by atoms with Crippen molar-refractivity contribution in [3.63, 3.8) is 0 Å². The maximum atomic E-state index is 6.51. The Kier molecular flexibility index (Phi) is 6.10. The predicted molar refractivity (Wildman–Crippen MR) is 125 cm³/mol. The molecular weight excluding hydrogens is 406 g/mol. The van der Waals surface area contributed by atoms with Crippen molar-refractivity contribution in [3.05, 3.63) is 89.2 Å². The lowest BCUT2D eigenvalue weighted by Gasteiger charge is -2.47. The summed E-state index contributed by atoms with van der Waals surface area (Å²) in [5.74, 6) is 1.36. The van der Waals surface area contributed by atoms with E-state index in [4.69, 9.17) is 16.3 Å². The van der Waals surface area contributed by atoms with Crippen LogP contribution >= 0.6 is 11.6 Å². The van der Waals surface area contributed by atoms with E-state index in [-0.39, 0.29) is 0 Å². The first-order valence-electron chi connectivity index (χ1n) is 11.0. The average Bonchev–Trinajstić information content (AvgIpc) is 2.84. The number of halogens is 1. The predicted octanol–water partition coefficient (Wildman–Crippen LogP) is 5.18. The minimum Gasteiger partial charge on any atom is -0.485 e. The van der Waals surface area contributed by atoms with Crippen molar-refractivity contribution in [2.75, 3.05) is 31.1 Å². The molecule has 5 rings (SSSR count). The number of hydrogen-bond acceptors (Lipinski definition) is 4. The Morgan fingerprint density at radius 3 is 2.77 bits per heavy atom. The van der Waals surface area contributed by atoms with Crippen molar-refractivity contribution in [1.82, 2.24) is 9.88 Å². The standard InChI is InChI=1S/C26H27ClN3O/c27-24-9-4-10-25(26(24)31-19-20-6-5-13-28-16-20)30-15-14-29-17-22(11-12-23(29)18-30)21-7-2-1-3-8-21/h1-8,10,13,16,22-23H,11-12,14-15,17-19H2/t22-,23+/m0/s1. The van der Waals surface area contributed by atoms with Gasteiger partial charge < -0.3 is 9.64 Å². The summed E-state index contributed by atoms with van der Waals surface area (Å²) >= 11 is 6.51. The second kappa shape index (κ2) is 9.29. The molecule has 0 aliphatic carbocycles. The number of anilines is 1. The summed E-state index contributed by atoms with van der Waals surface area (Å²) in [5, 5.41) is 0.539. The lowest BCUT2D eigenvalue weighted by molar-refractivity contribution is 0.119. The van der Waals surface area contributed by atoms with Crippen LogP contribution in [0.1, 0.15) is 29.9 Å². The number of benzene rings is 2. The fraction of sp³-hybridized carbons (Fsp3) is 0.346. The van der Waals surface area contributed by atoms with E-state index >= 15 is 0 Å². The molecule has 1 aromatic heterocycles. The van der Waals surface area contributed by atoms with Gasteiger partial charge >= 0.3 is 0 Å². The van der Waals surface area contributed by atoms with E-state index < -0.39 is 0 Å². The molecule has 0 spiro atoms. The van der Waals surface area contributed by atoms with E-state index in [0.717, 1.165) is 43.2 Å². The Bertz CT molecular complexity index is 998. The van der Waals surface area contributed by atoms with Gasteiger partial charge in [0.1, 0.15) is 6.61 Å². The smallest absolute Gasteiger partial charge is 0.162 e. The van der Waals surface area contributed by atoms with Crippen molar-refractivity contribution >= 4 is 17.3 Å². The number of hydrogen-bond donors (Lipinski definition) is 0. The highest BCUT2D eigenvalue weighted by atomic mass is 35.5. The van der Waals surface area contributed by atoms with E-state index in [9.17, 15) is 0 Å². The third kappa shape index (κ3) is 4.56. The molecule has 2 aliphatic rings. The Balaban J connectivity index is 1.28. The van der Waals surface area contributed by atoms with Crippen LogP contribution in [0, 0.1) is 6.07 Å². The molecule has 3 aromatic rings.